The van der Waals surface area contributed by atoms with Crippen molar-refractivity contribution in [1.82, 2.24) is 24.7 Å². The smallest absolute Gasteiger partial charge is 0.236 e. The number of aryl methyl sites for hydroxylation is 1. The van der Waals surface area contributed by atoms with Crippen LogP contribution in [0.4, 0.5) is 17.3 Å². The monoisotopic (exact) mass is 463 g/mol. The SMILES string of the molecule is CC(=O)c1cc(-n2cnc3ccc(Nc4ccc(C)nn4)cc32)cnc1N1CCCS1(=O)=O. The summed E-state index contributed by atoms with van der Waals surface area (Å²) in [5.74, 6) is 0.587. The minimum Gasteiger partial charge on any atom is -0.339 e. The van der Waals surface area contributed by atoms with Gasteiger partial charge in [0.05, 0.1) is 39.9 Å². The second-order valence-corrected chi connectivity index (χ2v) is 9.88. The number of nitrogens with zero attached hydrogens (tertiary/aromatic N) is 6. The van der Waals surface area contributed by atoms with E-state index in [9.17, 15) is 13.2 Å². The molecular formula is C22H21N7O3S. The topological polar surface area (TPSA) is 123 Å². The number of benzene rings is 1. The number of aromatic nitrogens is 5. The molecule has 0 aliphatic carbocycles. The molecule has 1 aliphatic rings. The summed E-state index contributed by atoms with van der Waals surface area (Å²) in [6.07, 6.45) is 3.71. The molecule has 168 valence electrons. The fourth-order valence-electron chi connectivity index (χ4n) is 3.82. The molecule has 33 heavy (non-hydrogen) atoms. The van der Waals surface area contributed by atoms with Gasteiger partial charge in [-0.1, -0.05) is 0 Å². The molecule has 3 aromatic heterocycles. The summed E-state index contributed by atoms with van der Waals surface area (Å²) in [5, 5.41) is 11.4. The van der Waals surface area contributed by atoms with E-state index in [1.807, 2.05) is 41.8 Å². The van der Waals surface area contributed by atoms with Crippen molar-refractivity contribution in [1.29, 1.82) is 0 Å². The molecule has 5 rings (SSSR count). The van der Waals surface area contributed by atoms with Gasteiger partial charge in [0.2, 0.25) is 10.0 Å². The molecule has 4 heterocycles. The molecule has 10 nitrogen and oxygen atoms in total. The number of rotatable bonds is 5. The van der Waals surface area contributed by atoms with Crippen LogP contribution in [0, 0.1) is 6.92 Å². The van der Waals surface area contributed by atoms with E-state index in [1.54, 1.807) is 18.6 Å². The van der Waals surface area contributed by atoms with Crippen LogP contribution in [-0.4, -0.2) is 51.2 Å². The minimum absolute atomic E-state index is 0.0566. The first-order valence-electron chi connectivity index (χ1n) is 10.4. The van der Waals surface area contributed by atoms with Crippen LogP contribution in [0.25, 0.3) is 16.7 Å². The molecule has 0 atom stereocenters. The highest BCUT2D eigenvalue weighted by Crippen LogP contribution is 2.29. The van der Waals surface area contributed by atoms with E-state index in [1.165, 1.54) is 11.2 Å². The van der Waals surface area contributed by atoms with Crippen molar-refractivity contribution < 1.29 is 13.2 Å². The third kappa shape index (κ3) is 3.91. The third-order valence-corrected chi connectivity index (χ3v) is 7.29. The summed E-state index contributed by atoms with van der Waals surface area (Å²) >= 11 is 0. The number of ketones is 1. The molecule has 0 unspecified atom stereocenters. The largest absolute Gasteiger partial charge is 0.339 e. The lowest BCUT2D eigenvalue weighted by Crippen LogP contribution is -2.28. The van der Waals surface area contributed by atoms with Gasteiger partial charge in [0.25, 0.3) is 0 Å². The molecule has 1 saturated heterocycles. The number of imidazole rings is 1. The predicted molar refractivity (Wildman–Crippen MR) is 125 cm³/mol. The third-order valence-electron chi connectivity index (χ3n) is 5.46. The Morgan fingerprint density at radius 2 is 1.94 bits per heavy atom. The van der Waals surface area contributed by atoms with Crippen LogP contribution in [0.15, 0.2) is 48.9 Å². The van der Waals surface area contributed by atoms with Crippen molar-refractivity contribution in [2.24, 2.45) is 0 Å². The maximum atomic E-state index is 12.4. The zero-order valence-corrected chi connectivity index (χ0v) is 18.9. The summed E-state index contributed by atoms with van der Waals surface area (Å²) in [7, 11) is -3.46. The van der Waals surface area contributed by atoms with E-state index in [2.05, 4.69) is 25.5 Å². The summed E-state index contributed by atoms with van der Waals surface area (Å²) in [4.78, 5) is 21.2. The van der Waals surface area contributed by atoms with E-state index in [0.717, 1.165) is 22.4 Å². The first-order valence-corrected chi connectivity index (χ1v) is 12.0. The van der Waals surface area contributed by atoms with Crippen molar-refractivity contribution in [3.63, 3.8) is 0 Å². The number of nitrogens with one attached hydrogen (secondary N) is 1. The van der Waals surface area contributed by atoms with Crippen molar-refractivity contribution in [2.45, 2.75) is 20.3 Å². The molecule has 0 amide bonds. The summed E-state index contributed by atoms with van der Waals surface area (Å²) in [6.45, 7) is 3.60. The number of sulfonamides is 1. The van der Waals surface area contributed by atoms with Gasteiger partial charge in [0, 0.05) is 12.2 Å². The second-order valence-electron chi connectivity index (χ2n) is 7.87. The molecule has 1 aromatic carbocycles. The van der Waals surface area contributed by atoms with Gasteiger partial charge < -0.3 is 5.32 Å². The average Bonchev–Trinajstić information content (AvgIpc) is 3.37. The van der Waals surface area contributed by atoms with Crippen molar-refractivity contribution >= 4 is 44.2 Å². The number of fused-ring (bicyclic) bond motifs is 1. The number of hydrogen-bond acceptors (Lipinski definition) is 8. The molecule has 1 N–H and O–H groups in total. The normalized spacial score (nSPS) is 15.2. The highest BCUT2D eigenvalue weighted by atomic mass is 32.2. The van der Waals surface area contributed by atoms with Gasteiger partial charge in [-0.15, -0.1) is 5.10 Å². The fourth-order valence-corrected chi connectivity index (χ4v) is 5.35. The van der Waals surface area contributed by atoms with Gasteiger partial charge in [-0.05, 0) is 56.7 Å². The van der Waals surface area contributed by atoms with Crippen LogP contribution in [-0.2, 0) is 10.0 Å². The van der Waals surface area contributed by atoms with Crippen LogP contribution in [0.5, 0.6) is 0 Å². The number of hydrogen-bond donors (Lipinski definition) is 1. The van der Waals surface area contributed by atoms with Gasteiger partial charge in [-0.25, -0.2) is 18.4 Å². The molecular weight excluding hydrogens is 442 g/mol. The lowest BCUT2D eigenvalue weighted by Gasteiger charge is -2.19. The highest BCUT2D eigenvalue weighted by molar-refractivity contribution is 7.93. The quantitative estimate of drug-likeness (QED) is 0.448. The lowest BCUT2D eigenvalue weighted by molar-refractivity contribution is 0.101. The van der Waals surface area contributed by atoms with Gasteiger partial charge in [0.15, 0.2) is 17.4 Å². The Balaban J connectivity index is 1.55. The van der Waals surface area contributed by atoms with E-state index < -0.39 is 10.0 Å². The summed E-state index contributed by atoms with van der Waals surface area (Å²) in [6, 6.07) is 11.1. The van der Waals surface area contributed by atoms with Crippen LogP contribution in [0.2, 0.25) is 0 Å². The van der Waals surface area contributed by atoms with Gasteiger partial charge in [-0.2, -0.15) is 5.10 Å². The average molecular weight is 464 g/mol. The second kappa shape index (κ2) is 7.93. The Bertz CT molecular complexity index is 1480. The minimum atomic E-state index is -3.46. The molecule has 0 saturated carbocycles. The Hall–Kier alpha value is -3.86. The van der Waals surface area contributed by atoms with Crippen LogP contribution in [0.3, 0.4) is 0 Å². The molecule has 4 aromatic rings. The van der Waals surface area contributed by atoms with E-state index in [4.69, 9.17) is 0 Å². The van der Waals surface area contributed by atoms with Crippen LogP contribution < -0.4 is 9.62 Å². The number of Topliss-reactive ketones (excluding diaryl/α,β-unsaturated/α-hetero) is 1. The summed E-state index contributed by atoms with van der Waals surface area (Å²) in [5.41, 5.74) is 4.03. The lowest BCUT2D eigenvalue weighted by atomic mass is 10.1. The van der Waals surface area contributed by atoms with E-state index in [0.29, 0.717) is 24.5 Å². The number of pyridine rings is 1. The Morgan fingerprint density at radius 1 is 1.09 bits per heavy atom. The van der Waals surface area contributed by atoms with Gasteiger partial charge in [-0.3, -0.25) is 13.7 Å². The molecule has 1 fully saturated rings. The molecule has 0 radical (unpaired) electrons. The van der Waals surface area contributed by atoms with E-state index in [-0.39, 0.29) is 22.9 Å². The van der Waals surface area contributed by atoms with Gasteiger partial charge >= 0.3 is 0 Å². The highest BCUT2D eigenvalue weighted by Gasteiger charge is 2.32. The maximum Gasteiger partial charge on any atom is 0.236 e. The molecule has 1 aliphatic heterocycles. The van der Waals surface area contributed by atoms with E-state index >= 15 is 0 Å². The van der Waals surface area contributed by atoms with Crippen LogP contribution in [0.1, 0.15) is 29.4 Å². The molecule has 11 heteroatoms. The number of anilines is 3. The standard InChI is InChI=1S/C22H21N7O3S/c1-14-4-7-21(27-26-14)25-16-5-6-19-20(10-16)28(13-24-19)17-11-18(15(2)30)22(23-12-17)29-8-3-9-33(29,31)32/h4-7,10-13H,3,8-9H2,1-2H3,(H,25,27). The number of carbonyl (C=O) groups is 1. The first-order chi connectivity index (χ1) is 15.8. The zero-order chi connectivity index (χ0) is 23.2. The number of carbonyl (C=O) groups excluding carboxylic acids is 1. The molecule has 0 spiro atoms. The Morgan fingerprint density at radius 3 is 2.64 bits per heavy atom. The zero-order valence-electron chi connectivity index (χ0n) is 18.1. The van der Waals surface area contributed by atoms with Crippen molar-refractivity contribution in [3.05, 3.63) is 60.2 Å². The summed E-state index contributed by atoms with van der Waals surface area (Å²) < 4.78 is 27.8. The predicted octanol–water partition coefficient (Wildman–Crippen LogP) is 3.01. The maximum absolute atomic E-state index is 12.4. The van der Waals surface area contributed by atoms with Crippen molar-refractivity contribution in [2.75, 3.05) is 21.9 Å². The first kappa shape index (κ1) is 21.0. The van der Waals surface area contributed by atoms with Crippen molar-refractivity contribution in [3.8, 4) is 5.69 Å². The fraction of sp³-hybridized carbons (Fsp3) is 0.227. The van der Waals surface area contributed by atoms with Crippen LogP contribution >= 0.6 is 0 Å². The Labute approximate surface area is 190 Å². The molecule has 0 bridgehead atoms. The van der Waals surface area contributed by atoms with Gasteiger partial charge in [0.1, 0.15) is 6.33 Å². The Kier molecular flexibility index (Phi) is 5.05.